The van der Waals surface area contributed by atoms with E-state index in [1.165, 1.54) is 24.3 Å². The second-order valence-electron chi connectivity index (χ2n) is 5.64. The Morgan fingerprint density at radius 1 is 0.645 bits per heavy atom. The molecule has 0 bridgehead atoms. The van der Waals surface area contributed by atoms with Crippen molar-refractivity contribution in [2.24, 2.45) is 0 Å². The van der Waals surface area contributed by atoms with Crippen molar-refractivity contribution in [3.63, 3.8) is 0 Å². The molecule has 2 aromatic carbocycles. The van der Waals surface area contributed by atoms with E-state index in [4.69, 9.17) is 55.7 Å². The topological polar surface area (TPSA) is 18.5 Å². The zero-order valence-electron chi connectivity index (χ0n) is 14.8. The highest BCUT2D eigenvalue weighted by atomic mass is 35.5. The Kier molecular flexibility index (Phi) is 9.60. The van der Waals surface area contributed by atoms with Gasteiger partial charge in [-0.2, -0.15) is 26.3 Å². The Bertz CT molecular complexity index is 857. The predicted molar refractivity (Wildman–Crippen MR) is 115 cm³/mol. The van der Waals surface area contributed by atoms with E-state index in [1.54, 1.807) is 0 Å². The van der Waals surface area contributed by atoms with Crippen molar-refractivity contribution >= 4 is 77.6 Å². The molecule has 0 unspecified atom stereocenters. The number of benzene rings is 2. The minimum Gasteiger partial charge on any atom is -0.527 e. The number of rotatable bonds is 8. The fourth-order valence-corrected chi connectivity index (χ4v) is 4.55. The van der Waals surface area contributed by atoms with Gasteiger partial charge in [-0.25, -0.2) is 0 Å². The average molecular weight is 564 g/mol. The van der Waals surface area contributed by atoms with Crippen molar-refractivity contribution < 1.29 is 35.7 Å². The van der Waals surface area contributed by atoms with Gasteiger partial charge in [-0.15, -0.1) is 23.5 Å². The molecule has 15 heteroatoms. The van der Waals surface area contributed by atoms with Gasteiger partial charge >= 0.3 is 20.0 Å². The lowest BCUT2D eigenvalue weighted by atomic mass is 10.3. The summed E-state index contributed by atoms with van der Waals surface area (Å²) >= 11 is 24.7. The molecule has 0 radical (unpaired) electrons. The third-order valence-electron chi connectivity index (χ3n) is 3.18. The molecule has 0 saturated carbocycles. The number of hydrogen-bond acceptors (Lipinski definition) is 4. The van der Waals surface area contributed by atoms with Gasteiger partial charge in [0, 0.05) is 9.79 Å². The molecule has 31 heavy (non-hydrogen) atoms. The van der Waals surface area contributed by atoms with Crippen molar-refractivity contribution in [3.8, 4) is 11.5 Å². The first-order valence-electron chi connectivity index (χ1n) is 7.88. The van der Waals surface area contributed by atoms with Crippen LogP contribution < -0.4 is 9.31 Å². The molecule has 0 aromatic heterocycles. The van der Waals surface area contributed by atoms with Crippen LogP contribution in [-0.4, -0.2) is 31.5 Å². The maximum atomic E-state index is 12.4. The van der Waals surface area contributed by atoms with Crippen molar-refractivity contribution in [2.75, 3.05) is 11.5 Å². The van der Waals surface area contributed by atoms with Crippen molar-refractivity contribution in [1.82, 2.24) is 0 Å². The second-order valence-corrected chi connectivity index (χ2v) is 9.30. The molecule has 0 N–H and O–H groups in total. The quantitative estimate of drug-likeness (QED) is 0.182. The zero-order valence-corrected chi connectivity index (χ0v) is 19.5. The van der Waals surface area contributed by atoms with Crippen molar-refractivity contribution in [1.29, 1.82) is 0 Å². The van der Waals surface area contributed by atoms with Gasteiger partial charge in [0.15, 0.2) is 0 Å². The molecule has 0 aliphatic rings. The highest BCUT2D eigenvalue weighted by Crippen LogP contribution is 2.40. The summed E-state index contributed by atoms with van der Waals surface area (Å²) in [5, 5.41) is 0.0707. The van der Waals surface area contributed by atoms with E-state index < -0.39 is 31.5 Å². The lowest BCUT2D eigenvalue weighted by Crippen LogP contribution is -2.12. The van der Waals surface area contributed by atoms with Crippen LogP contribution in [0.4, 0.5) is 26.3 Å². The second kappa shape index (κ2) is 11.1. The summed E-state index contributed by atoms with van der Waals surface area (Å²) in [4.78, 5) is 0.183. The summed E-state index contributed by atoms with van der Waals surface area (Å²) in [5.74, 6) is -2.34. The van der Waals surface area contributed by atoms with Gasteiger partial charge in [0.25, 0.3) is 0 Å². The summed E-state index contributed by atoms with van der Waals surface area (Å²) in [6, 6.07) is 4.88. The SMILES string of the molecule is FC(F)(F)CSc1cc(OBOc2cc(SCC(F)(F)F)c(Cl)cc2Cl)c(Cl)cc1Cl. The summed E-state index contributed by atoms with van der Waals surface area (Å²) in [6.07, 6.45) is -8.80. The molecule has 0 amide bonds. The van der Waals surface area contributed by atoms with Gasteiger partial charge in [-0.05, 0) is 24.3 Å². The van der Waals surface area contributed by atoms with Crippen molar-refractivity contribution in [2.45, 2.75) is 22.1 Å². The Balaban J connectivity index is 2.07. The van der Waals surface area contributed by atoms with Crippen LogP contribution in [0.15, 0.2) is 34.1 Å². The largest absolute Gasteiger partial charge is 0.576 e. The van der Waals surface area contributed by atoms with Crippen LogP contribution in [0, 0.1) is 0 Å². The van der Waals surface area contributed by atoms with Crippen LogP contribution >= 0.6 is 69.9 Å². The maximum absolute atomic E-state index is 12.4. The number of halogens is 10. The van der Waals surface area contributed by atoms with E-state index in [1.807, 2.05) is 0 Å². The Morgan fingerprint density at radius 2 is 1.00 bits per heavy atom. The lowest BCUT2D eigenvalue weighted by molar-refractivity contribution is -0.106. The van der Waals surface area contributed by atoms with Crippen molar-refractivity contribution in [3.05, 3.63) is 44.4 Å². The maximum Gasteiger partial charge on any atom is 0.576 e. The Hall–Kier alpha value is -0.455. The van der Waals surface area contributed by atoms with Crippen LogP contribution in [0.25, 0.3) is 0 Å². The van der Waals surface area contributed by atoms with E-state index in [-0.39, 0.29) is 41.4 Å². The summed E-state index contributed by atoms with van der Waals surface area (Å²) in [5.41, 5.74) is 0. The van der Waals surface area contributed by atoms with Crippen LogP contribution in [0.3, 0.4) is 0 Å². The van der Waals surface area contributed by atoms with Crippen LogP contribution in [0.1, 0.15) is 0 Å². The van der Waals surface area contributed by atoms with E-state index in [0.717, 1.165) is 0 Å². The van der Waals surface area contributed by atoms with Gasteiger partial charge in [0.1, 0.15) is 11.5 Å². The number of hydrogen-bond donors (Lipinski definition) is 0. The minimum absolute atomic E-state index is 0.00695. The molecule has 0 saturated heterocycles. The molecule has 2 aromatic rings. The van der Waals surface area contributed by atoms with E-state index in [0.29, 0.717) is 23.5 Å². The van der Waals surface area contributed by atoms with Gasteiger partial charge in [-0.3, -0.25) is 0 Å². The molecule has 0 heterocycles. The third kappa shape index (κ3) is 9.13. The number of alkyl halides is 6. The van der Waals surface area contributed by atoms with Gasteiger partial charge < -0.3 is 9.31 Å². The first kappa shape index (κ1) is 26.8. The standard InChI is InChI=1S/C16H9BCl4F6O2S2/c18-7-1-9(20)13(30-5-15(22,23)24)3-11(7)28-17-29-12-4-14(10(21)2-8(12)19)31-6-16(25,26)27/h1-4,17H,5-6H2. The molecular weight excluding hydrogens is 555 g/mol. The fourth-order valence-electron chi connectivity index (χ4n) is 1.94. The first-order valence-corrected chi connectivity index (χ1v) is 11.4. The molecule has 0 aliphatic heterocycles. The van der Waals surface area contributed by atoms with Gasteiger partial charge in [0.05, 0.1) is 31.6 Å². The molecular formula is C16H9BCl4F6O2S2. The highest BCUT2D eigenvalue weighted by Gasteiger charge is 2.29. The molecule has 0 aliphatic carbocycles. The van der Waals surface area contributed by atoms with Crippen LogP contribution in [0.2, 0.25) is 20.1 Å². The molecule has 2 rings (SSSR count). The molecule has 0 spiro atoms. The minimum atomic E-state index is -4.40. The predicted octanol–water partition coefficient (Wildman–Crippen LogP) is 8.33. The van der Waals surface area contributed by atoms with Crippen LogP contribution in [-0.2, 0) is 0 Å². The lowest BCUT2D eigenvalue weighted by Gasteiger charge is -2.14. The summed E-state index contributed by atoms with van der Waals surface area (Å²) in [7, 11) is -0.491. The van der Waals surface area contributed by atoms with E-state index >= 15 is 0 Å². The Labute approximate surface area is 202 Å². The zero-order chi connectivity index (χ0) is 23.4. The van der Waals surface area contributed by atoms with Gasteiger partial charge in [0.2, 0.25) is 0 Å². The molecule has 0 atom stereocenters. The smallest absolute Gasteiger partial charge is 0.527 e. The molecule has 0 fully saturated rings. The fraction of sp³-hybridized carbons (Fsp3) is 0.250. The highest BCUT2D eigenvalue weighted by molar-refractivity contribution is 7.99. The van der Waals surface area contributed by atoms with E-state index in [9.17, 15) is 26.3 Å². The van der Waals surface area contributed by atoms with E-state index in [2.05, 4.69) is 0 Å². The monoisotopic (exact) mass is 562 g/mol. The number of thioether (sulfide) groups is 2. The summed E-state index contributed by atoms with van der Waals surface area (Å²) < 4.78 is 85.3. The normalized spacial score (nSPS) is 12.1. The van der Waals surface area contributed by atoms with Gasteiger partial charge in [-0.1, -0.05) is 46.4 Å². The third-order valence-corrected chi connectivity index (χ3v) is 6.87. The summed E-state index contributed by atoms with van der Waals surface area (Å²) in [6.45, 7) is 0. The molecule has 2 nitrogen and oxygen atoms in total. The van der Waals surface area contributed by atoms with Crippen LogP contribution in [0.5, 0.6) is 11.5 Å². The first-order chi connectivity index (χ1) is 14.2. The average Bonchev–Trinajstić information content (AvgIpc) is 2.61. The Morgan fingerprint density at radius 3 is 1.32 bits per heavy atom. The molecule has 170 valence electrons.